The average molecular weight is 625 g/mol. The van der Waals surface area contributed by atoms with Gasteiger partial charge in [0.2, 0.25) is 6.29 Å². The smallest absolute Gasteiger partial charge is 0.229 e. The third-order valence-electron chi connectivity index (χ3n) is 7.31. The molecule has 4 rings (SSSR count). The first-order valence-electron chi connectivity index (χ1n) is 13.5. The molecule has 0 radical (unpaired) electrons. The van der Waals surface area contributed by atoms with Crippen LogP contribution in [0.2, 0.25) is 0 Å². The van der Waals surface area contributed by atoms with Crippen LogP contribution in [-0.2, 0) is 14.2 Å². The number of methoxy groups -OCH3 is 2. The lowest BCUT2D eigenvalue weighted by molar-refractivity contribution is -0.318. The first kappa shape index (κ1) is 33.4. The van der Waals surface area contributed by atoms with Gasteiger partial charge >= 0.3 is 0 Å². The molecule has 242 valence electrons. The summed E-state index contributed by atoms with van der Waals surface area (Å²) in [5, 5.41) is 82.0. The molecule has 2 heterocycles. The SMILES string of the molecule is COc1ccc(/C=C/C(=O)c2c(O)cc(O[C@@H]3OC(CO[C@@H]4OC(C)[C@H](O)C(O)C4O)[C@@H](O)C(O)C3O)cc2OC)cc1O. The molecule has 15 heteroatoms. The number of benzene rings is 2. The summed E-state index contributed by atoms with van der Waals surface area (Å²) in [6, 6.07) is 6.80. The molecule has 2 aromatic rings. The number of allylic oxidation sites excluding steroid dienone is 1. The van der Waals surface area contributed by atoms with Gasteiger partial charge in [0.05, 0.1) is 26.9 Å². The fraction of sp³-hybridized carbons (Fsp3) is 0.483. The van der Waals surface area contributed by atoms with Crippen LogP contribution in [0.4, 0.5) is 0 Å². The fourth-order valence-electron chi connectivity index (χ4n) is 4.75. The predicted molar refractivity (Wildman–Crippen MR) is 148 cm³/mol. The zero-order valence-electron chi connectivity index (χ0n) is 24.0. The highest BCUT2D eigenvalue weighted by Gasteiger charge is 2.47. The van der Waals surface area contributed by atoms with Gasteiger partial charge in [-0.3, -0.25) is 4.79 Å². The van der Waals surface area contributed by atoms with E-state index in [1.807, 2.05) is 0 Å². The van der Waals surface area contributed by atoms with E-state index >= 15 is 0 Å². The Bertz CT molecular complexity index is 1330. The van der Waals surface area contributed by atoms with Crippen molar-refractivity contribution in [1.29, 1.82) is 0 Å². The zero-order valence-corrected chi connectivity index (χ0v) is 24.0. The standard InChI is InChI=1S/C29H36O15/c1-12-22(33)24(35)26(37)28(42-12)41-11-20-23(34)25(36)27(38)29(44-20)43-14-9-17(32)21(19(10-14)40-3)15(30)6-4-13-5-7-18(39-2)16(31)8-13/h4-10,12,20,22-29,31-38H,11H2,1-3H3/b6-4+/t12?,20?,22-,23+,24?,25?,26?,27?,28+,29+/m0/s1. The van der Waals surface area contributed by atoms with Crippen LogP contribution in [0.25, 0.3) is 6.08 Å². The van der Waals surface area contributed by atoms with Crippen molar-refractivity contribution in [1.82, 2.24) is 0 Å². The van der Waals surface area contributed by atoms with Crippen molar-refractivity contribution in [3.8, 4) is 28.7 Å². The van der Waals surface area contributed by atoms with E-state index in [0.29, 0.717) is 5.56 Å². The first-order valence-corrected chi connectivity index (χ1v) is 13.5. The number of phenolic OH excluding ortho intramolecular Hbond substituents is 2. The molecule has 0 bridgehead atoms. The van der Waals surface area contributed by atoms with E-state index in [9.17, 15) is 45.6 Å². The lowest BCUT2D eigenvalue weighted by atomic mass is 9.98. The third-order valence-corrected chi connectivity index (χ3v) is 7.31. The maximum atomic E-state index is 12.9. The molecular formula is C29H36O15. The molecule has 2 fully saturated rings. The molecule has 0 aromatic heterocycles. The third kappa shape index (κ3) is 7.07. The Morgan fingerprint density at radius 1 is 0.795 bits per heavy atom. The van der Waals surface area contributed by atoms with E-state index in [1.54, 1.807) is 6.07 Å². The number of rotatable bonds is 10. The summed E-state index contributed by atoms with van der Waals surface area (Å²) in [7, 11) is 2.65. The molecule has 10 atom stereocenters. The Morgan fingerprint density at radius 2 is 1.45 bits per heavy atom. The molecule has 0 spiro atoms. The highest BCUT2D eigenvalue weighted by atomic mass is 16.7. The molecule has 0 saturated carbocycles. The Labute approximate surface area is 251 Å². The summed E-state index contributed by atoms with van der Waals surface area (Å²) in [6.07, 6.45) is -12.4. The quantitative estimate of drug-likeness (QED) is 0.117. The van der Waals surface area contributed by atoms with Gasteiger partial charge in [-0.05, 0) is 30.7 Å². The minimum atomic E-state index is -1.77. The largest absolute Gasteiger partial charge is 0.507 e. The molecule has 2 aliphatic rings. The fourth-order valence-corrected chi connectivity index (χ4v) is 4.75. The number of aliphatic hydroxyl groups excluding tert-OH is 6. The summed E-state index contributed by atoms with van der Waals surface area (Å²) in [4.78, 5) is 12.9. The van der Waals surface area contributed by atoms with E-state index in [4.69, 9.17) is 28.4 Å². The molecule has 0 amide bonds. The van der Waals surface area contributed by atoms with Crippen LogP contribution in [0.3, 0.4) is 0 Å². The predicted octanol–water partition coefficient (Wildman–Crippen LogP) is -0.958. The normalized spacial score (nSPS) is 32.4. The summed E-state index contributed by atoms with van der Waals surface area (Å²) in [6.45, 7) is 0.958. The number of aromatic hydroxyl groups is 2. The molecule has 6 unspecified atom stereocenters. The Balaban J connectivity index is 1.46. The van der Waals surface area contributed by atoms with Crippen LogP contribution in [-0.4, -0.2) is 129 Å². The number of carbonyl (C=O) groups excluding carboxylic acids is 1. The molecule has 2 aliphatic heterocycles. The van der Waals surface area contributed by atoms with Crippen molar-refractivity contribution in [3.05, 3.63) is 47.5 Å². The van der Waals surface area contributed by atoms with Gasteiger partial charge in [0, 0.05) is 12.1 Å². The van der Waals surface area contributed by atoms with Gasteiger partial charge in [0.1, 0.15) is 65.5 Å². The number of phenols is 2. The molecule has 8 N–H and O–H groups in total. The van der Waals surface area contributed by atoms with E-state index in [1.165, 1.54) is 45.4 Å². The Hall–Kier alpha value is -3.51. The van der Waals surface area contributed by atoms with Crippen molar-refractivity contribution < 1.29 is 74.1 Å². The second-order valence-electron chi connectivity index (χ2n) is 10.3. The second-order valence-corrected chi connectivity index (χ2v) is 10.3. The van der Waals surface area contributed by atoms with Gasteiger partial charge in [-0.25, -0.2) is 0 Å². The summed E-state index contributed by atoms with van der Waals surface area (Å²) in [5.41, 5.74) is 0.263. The van der Waals surface area contributed by atoms with E-state index in [0.717, 1.165) is 12.1 Å². The molecule has 2 aromatic carbocycles. The number of ether oxygens (including phenoxy) is 6. The highest BCUT2D eigenvalue weighted by Crippen LogP contribution is 2.36. The van der Waals surface area contributed by atoms with Crippen LogP contribution < -0.4 is 14.2 Å². The van der Waals surface area contributed by atoms with Gasteiger partial charge in [-0.1, -0.05) is 12.1 Å². The Kier molecular flexibility index (Phi) is 10.7. The molecule has 44 heavy (non-hydrogen) atoms. The zero-order chi connectivity index (χ0) is 32.3. The van der Waals surface area contributed by atoms with Crippen LogP contribution in [0.15, 0.2) is 36.4 Å². The monoisotopic (exact) mass is 624 g/mol. The molecular weight excluding hydrogens is 588 g/mol. The van der Waals surface area contributed by atoms with Crippen LogP contribution in [0, 0.1) is 0 Å². The molecule has 0 aliphatic carbocycles. The van der Waals surface area contributed by atoms with Gasteiger partial charge in [0.15, 0.2) is 23.6 Å². The maximum Gasteiger partial charge on any atom is 0.229 e. The van der Waals surface area contributed by atoms with E-state index in [-0.39, 0.29) is 28.6 Å². The summed E-state index contributed by atoms with van der Waals surface area (Å²) < 4.78 is 32.3. The van der Waals surface area contributed by atoms with Crippen LogP contribution >= 0.6 is 0 Å². The van der Waals surface area contributed by atoms with Crippen LogP contribution in [0.5, 0.6) is 28.7 Å². The second kappa shape index (κ2) is 14.1. The first-order chi connectivity index (χ1) is 20.9. The molecule has 2 saturated heterocycles. The van der Waals surface area contributed by atoms with Crippen molar-refractivity contribution in [3.63, 3.8) is 0 Å². The lowest BCUT2D eigenvalue weighted by Gasteiger charge is -2.42. The number of ketones is 1. The lowest BCUT2D eigenvalue weighted by Crippen LogP contribution is -2.61. The topological polar surface area (TPSA) is 234 Å². The van der Waals surface area contributed by atoms with E-state index in [2.05, 4.69) is 0 Å². The highest BCUT2D eigenvalue weighted by molar-refractivity contribution is 6.10. The maximum absolute atomic E-state index is 12.9. The molecule has 15 nitrogen and oxygen atoms in total. The van der Waals surface area contributed by atoms with Crippen molar-refractivity contribution in [2.24, 2.45) is 0 Å². The van der Waals surface area contributed by atoms with Crippen LogP contribution in [0.1, 0.15) is 22.8 Å². The van der Waals surface area contributed by atoms with Gasteiger partial charge in [-0.2, -0.15) is 0 Å². The van der Waals surface area contributed by atoms with Gasteiger partial charge in [0.25, 0.3) is 0 Å². The van der Waals surface area contributed by atoms with Gasteiger partial charge < -0.3 is 69.3 Å². The number of hydrogen-bond donors (Lipinski definition) is 8. The number of aliphatic hydroxyl groups is 6. The van der Waals surface area contributed by atoms with Crippen molar-refractivity contribution >= 4 is 11.9 Å². The van der Waals surface area contributed by atoms with Crippen molar-refractivity contribution in [2.75, 3.05) is 20.8 Å². The van der Waals surface area contributed by atoms with Crippen molar-refractivity contribution in [2.45, 2.75) is 68.3 Å². The van der Waals surface area contributed by atoms with E-state index < -0.39 is 79.6 Å². The Morgan fingerprint density at radius 3 is 2.11 bits per heavy atom. The summed E-state index contributed by atoms with van der Waals surface area (Å²) >= 11 is 0. The summed E-state index contributed by atoms with van der Waals surface area (Å²) in [5.74, 6) is -1.31. The minimum Gasteiger partial charge on any atom is -0.507 e. The minimum absolute atomic E-state index is 0.101. The number of carbonyl (C=O) groups is 1. The average Bonchev–Trinajstić information content (AvgIpc) is 3.00. The number of hydrogen-bond acceptors (Lipinski definition) is 15. The van der Waals surface area contributed by atoms with Gasteiger partial charge in [-0.15, -0.1) is 0 Å².